The summed E-state index contributed by atoms with van der Waals surface area (Å²) in [7, 11) is 0. The number of carbonyl (C=O) groups is 1. The molecule has 3 aliphatic carbocycles. The third kappa shape index (κ3) is 3.52. The van der Waals surface area contributed by atoms with Gasteiger partial charge in [0.25, 0.3) is 0 Å². The predicted molar refractivity (Wildman–Crippen MR) is 139 cm³/mol. The Balaban J connectivity index is 1.71. The van der Waals surface area contributed by atoms with Gasteiger partial charge in [-0.3, -0.25) is 4.79 Å². The summed E-state index contributed by atoms with van der Waals surface area (Å²) in [6, 6.07) is 0. The second kappa shape index (κ2) is 8.30. The average molecular weight is 475 g/mol. The molecule has 0 radical (unpaired) electrons. The molecule has 1 saturated heterocycles. The van der Waals surface area contributed by atoms with Gasteiger partial charge in [0.15, 0.2) is 5.78 Å². The van der Waals surface area contributed by atoms with E-state index in [1.165, 1.54) is 25.7 Å². The number of hydrogen-bond acceptors (Lipinski definition) is 3. The van der Waals surface area contributed by atoms with Crippen LogP contribution in [0.4, 0.5) is 0 Å². The third-order valence-corrected chi connectivity index (χ3v) is 12.0. The van der Waals surface area contributed by atoms with Gasteiger partial charge in [-0.2, -0.15) is 0 Å². The highest BCUT2D eigenvalue weighted by Crippen LogP contribution is 2.84. The molecule has 1 aliphatic heterocycles. The molecule has 9 atom stereocenters. The van der Waals surface area contributed by atoms with Crippen molar-refractivity contribution in [1.82, 2.24) is 0 Å². The first-order valence-electron chi connectivity index (χ1n) is 14.5. The maximum absolute atomic E-state index is 14.5. The fourth-order valence-electron chi connectivity index (χ4n) is 10.3. The summed E-state index contributed by atoms with van der Waals surface area (Å²) in [5, 5.41) is 10.5. The van der Waals surface area contributed by atoms with E-state index in [2.05, 4.69) is 55.4 Å². The molecular formula is C31H54O3. The summed E-state index contributed by atoms with van der Waals surface area (Å²) in [5.41, 5.74) is -0.369. The van der Waals surface area contributed by atoms with Crippen molar-refractivity contribution in [3.05, 3.63) is 0 Å². The van der Waals surface area contributed by atoms with E-state index in [9.17, 15) is 9.90 Å². The van der Waals surface area contributed by atoms with Crippen molar-refractivity contribution in [2.24, 2.45) is 51.2 Å². The number of rotatable bonds is 7. The van der Waals surface area contributed by atoms with Gasteiger partial charge in [-0.1, -0.05) is 68.2 Å². The molecule has 1 heterocycles. The first kappa shape index (κ1) is 26.6. The van der Waals surface area contributed by atoms with E-state index in [4.69, 9.17) is 4.74 Å². The lowest BCUT2D eigenvalue weighted by atomic mass is 9.45. The number of Topliss-reactive ketones (excluding diaryl/α,β-unsaturated/α-hetero) is 1. The van der Waals surface area contributed by atoms with E-state index in [0.29, 0.717) is 46.7 Å². The van der Waals surface area contributed by atoms with Crippen LogP contribution in [0.1, 0.15) is 121 Å². The van der Waals surface area contributed by atoms with Gasteiger partial charge in [-0.05, 0) is 85.9 Å². The van der Waals surface area contributed by atoms with Crippen LogP contribution < -0.4 is 0 Å². The fraction of sp³-hybridized carbons (Fsp3) is 0.968. The maximum Gasteiger partial charge on any atom is 0.168 e. The van der Waals surface area contributed by atoms with Gasteiger partial charge in [-0.25, -0.2) is 0 Å². The zero-order valence-corrected chi connectivity index (χ0v) is 24.0. The number of fused-ring (bicyclic) bond motifs is 3. The average Bonchev–Trinajstić information content (AvgIpc) is 3.32. The summed E-state index contributed by atoms with van der Waals surface area (Å²) in [4.78, 5) is 14.5. The molecule has 1 spiro atoms. The first-order chi connectivity index (χ1) is 15.6. The molecule has 4 fully saturated rings. The highest BCUT2D eigenvalue weighted by Gasteiger charge is 2.81. The lowest BCUT2D eigenvalue weighted by molar-refractivity contribution is -0.154. The third-order valence-electron chi connectivity index (χ3n) is 12.0. The molecule has 1 unspecified atom stereocenters. The molecule has 3 heteroatoms. The van der Waals surface area contributed by atoms with E-state index >= 15 is 0 Å². The summed E-state index contributed by atoms with van der Waals surface area (Å²) >= 11 is 0. The molecule has 0 aromatic rings. The van der Waals surface area contributed by atoms with Crippen molar-refractivity contribution >= 4 is 5.78 Å². The van der Waals surface area contributed by atoms with Gasteiger partial charge in [-0.15, -0.1) is 0 Å². The maximum atomic E-state index is 14.5. The van der Waals surface area contributed by atoms with Crippen LogP contribution in [0.3, 0.4) is 0 Å². The molecule has 1 N–H and O–H groups in total. The van der Waals surface area contributed by atoms with Gasteiger partial charge in [0.05, 0.1) is 11.7 Å². The van der Waals surface area contributed by atoms with Crippen LogP contribution in [-0.2, 0) is 9.53 Å². The Hall–Kier alpha value is -0.410. The zero-order valence-electron chi connectivity index (χ0n) is 24.0. The van der Waals surface area contributed by atoms with Crippen molar-refractivity contribution in [3.63, 3.8) is 0 Å². The molecule has 34 heavy (non-hydrogen) atoms. The number of ether oxygens (including phenoxy) is 1. The number of hydrogen-bond donors (Lipinski definition) is 1. The van der Waals surface area contributed by atoms with Crippen molar-refractivity contribution in [2.45, 2.75) is 138 Å². The normalized spacial score (nSPS) is 48.5. The van der Waals surface area contributed by atoms with Crippen LogP contribution in [0, 0.1) is 51.2 Å². The number of ketones is 1. The fourth-order valence-corrected chi connectivity index (χ4v) is 10.3. The molecule has 4 rings (SSSR count). The van der Waals surface area contributed by atoms with Crippen LogP contribution in [0.5, 0.6) is 0 Å². The quantitative estimate of drug-likeness (QED) is 0.417. The van der Waals surface area contributed by atoms with Crippen molar-refractivity contribution in [1.29, 1.82) is 0 Å². The minimum Gasteiger partial charge on any atom is -0.390 e. The van der Waals surface area contributed by atoms with Gasteiger partial charge < -0.3 is 9.84 Å². The highest BCUT2D eigenvalue weighted by molar-refractivity contribution is 5.93. The molecule has 0 amide bonds. The smallest absolute Gasteiger partial charge is 0.168 e. The Kier molecular flexibility index (Phi) is 6.51. The van der Waals surface area contributed by atoms with Crippen LogP contribution in [0.2, 0.25) is 0 Å². The Morgan fingerprint density at radius 2 is 1.79 bits per heavy atom. The minimum atomic E-state index is -0.767. The number of carbonyl (C=O) groups excluding carboxylic acids is 1. The summed E-state index contributed by atoms with van der Waals surface area (Å²) in [6.07, 6.45) is 8.70. The molecule has 4 aliphatic rings. The standard InChI is InChI=1S/C31H54O3/c1-11-23-29(10)26(32)25-24(21(6)16-22(34-25)17-27(7,8)33)28(29,9)14-15-31(23)18-30(31,20(4)5)13-12-19(2)3/h19-25,33H,11-18H2,1-10H3/t21-,22-,23+,24?,25+,28-,29-,30-,31+/m1/s1. The zero-order chi connectivity index (χ0) is 25.5. The lowest BCUT2D eigenvalue weighted by Crippen LogP contribution is -2.54. The minimum absolute atomic E-state index is 0.00313. The second-order valence-corrected chi connectivity index (χ2v) is 15.0. The Bertz CT molecular complexity index is 795. The van der Waals surface area contributed by atoms with Crippen LogP contribution in [0.15, 0.2) is 0 Å². The summed E-state index contributed by atoms with van der Waals surface area (Å²) < 4.78 is 6.64. The first-order valence-corrected chi connectivity index (χ1v) is 14.5. The van der Waals surface area contributed by atoms with Crippen LogP contribution in [0.25, 0.3) is 0 Å². The molecule has 0 bridgehead atoms. The van der Waals surface area contributed by atoms with E-state index in [1.807, 2.05) is 13.8 Å². The predicted octanol–water partition coefficient (Wildman–Crippen LogP) is 7.44. The highest BCUT2D eigenvalue weighted by atomic mass is 16.5. The molecule has 3 nitrogen and oxygen atoms in total. The number of aliphatic hydroxyl groups is 1. The summed E-state index contributed by atoms with van der Waals surface area (Å²) in [5.74, 6) is 2.98. The summed E-state index contributed by atoms with van der Waals surface area (Å²) in [6.45, 7) is 22.8. The van der Waals surface area contributed by atoms with Crippen LogP contribution >= 0.6 is 0 Å². The van der Waals surface area contributed by atoms with Crippen molar-refractivity contribution < 1.29 is 14.6 Å². The van der Waals surface area contributed by atoms with Gasteiger partial charge in [0.1, 0.15) is 6.10 Å². The van der Waals surface area contributed by atoms with E-state index < -0.39 is 5.60 Å². The molecular weight excluding hydrogens is 420 g/mol. The molecule has 196 valence electrons. The monoisotopic (exact) mass is 474 g/mol. The molecule has 0 aromatic heterocycles. The van der Waals surface area contributed by atoms with Crippen LogP contribution in [-0.4, -0.2) is 28.7 Å². The lowest BCUT2D eigenvalue weighted by Gasteiger charge is -2.57. The molecule has 3 saturated carbocycles. The Morgan fingerprint density at radius 1 is 1.15 bits per heavy atom. The largest absolute Gasteiger partial charge is 0.390 e. The molecule has 0 aromatic carbocycles. The Morgan fingerprint density at radius 3 is 2.32 bits per heavy atom. The van der Waals surface area contributed by atoms with Gasteiger partial charge >= 0.3 is 0 Å². The Labute approximate surface area is 210 Å². The van der Waals surface area contributed by atoms with E-state index in [1.54, 1.807) is 0 Å². The second-order valence-electron chi connectivity index (χ2n) is 15.0. The van der Waals surface area contributed by atoms with Gasteiger partial charge in [0.2, 0.25) is 0 Å². The SMILES string of the molecule is CC[C@@H]1[C@]2(CC[C@]3(C)C4[C@H](C)C[C@H](CC(C)(C)O)O[C@@H]4C(=O)[C@@]13C)C[C@]2(CCC(C)C)C(C)C. The van der Waals surface area contributed by atoms with Crippen molar-refractivity contribution in [3.8, 4) is 0 Å². The van der Waals surface area contributed by atoms with Gasteiger partial charge in [0, 0.05) is 17.8 Å². The van der Waals surface area contributed by atoms with E-state index in [0.717, 1.165) is 25.2 Å². The topological polar surface area (TPSA) is 46.5 Å². The van der Waals surface area contributed by atoms with E-state index in [-0.39, 0.29) is 23.0 Å². The van der Waals surface area contributed by atoms with Crippen molar-refractivity contribution in [2.75, 3.05) is 0 Å².